The van der Waals surface area contributed by atoms with E-state index in [1.807, 2.05) is 13.8 Å². The number of H-pyrrole nitrogens is 1. The number of esters is 1. The number of aromatic nitrogens is 1. The Hall–Kier alpha value is -2.55. The molecule has 2 fully saturated rings. The zero-order chi connectivity index (χ0) is 22.8. The molecule has 0 radical (unpaired) electrons. The first-order valence-corrected chi connectivity index (χ1v) is 10.8. The summed E-state index contributed by atoms with van der Waals surface area (Å²) in [4.78, 5) is 52.9. The van der Waals surface area contributed by atoms with Crippen molar-refractivity contribution in [3.63, 3.8) is 0 Å². The zero-order valence-electron chi connectivity index (χ0n) is 17.9. The Labute approximate surface area is 186 Å². The highest BCUT2D eigenvalue weighted by molar-refractivity contribution is 6.31. The maximum absolute atomic E-state index is 13.0. The van der Waals surface area contributed by atoms with Crippen LogP contribution in [0.5, 0.6) is 0 Å². The number of hydrogen-bond acceptors (Lipinski definition) is 5. The lowest BCUT2D eigenvalue weighted by molar-refractivity contribution is -0.146. The van der Waals surface area contributed by atoms with Gasteiger partial charge in [-0.25, -0.2) is 4.79 Å². The molecular weight excluding hydrogens is 424 g/mol. The summed E-state index contributed by atoms with van der Waals surface area (Å²) in [6.45, 7) is 3.81. The molecule has 0 unspecified atom stereocenters. The van der Waals surface area contributed by atoms with Crippen LogP contribution >= 0.6 is 11.6 Å². The highest BCUT2D eigenvalue weighted by Crippen LogP contribution is 2.34. The van der Waals surface area contributed by atoms with Crippen LogP contribution in [0.15, 0.2) is 12.3 Å². The number of aromatic amines is 1. The van der Waals surface area contributed by atoms with Crippen LogP contribution in [0.2, 0.25) is 5.02 Å². The predicted octanol–water partition coefficient (Wildman–Crippen LogP) is 1.53. The molecule has 1 aromatic heterocycles. The fraction of sp³-hybridized carbons (Fsp3) is 0.619. The first-order chi connectivity index (χ1) is 14.6. The Morgan fingerprint density at radius 1 is 1.23 bits per heavy atom. The van der Waals surface area contributed by atoms with E-state index in [2.05, 4.69) is 20.9 Å². The lowest BCUT2D eigenvalue weighted by atomic mass is 9.91. The first kappa shape index (κ1) is 23.1. The summed E-state index contributed by atoms with van der Waals surface area (Å²) < 4.78 is 4.84. The van der Waals surface area contributed by atoms with Gasteiger partial charge in [-0.3, -0.25) is 14.4 Å². The van der Waals surface area contributed by atoms with Gasteiger partial charge in [-0.05, 0) is 45.1 Å². The standard InChI is InChI=1S/C21H29ClN4O5/c1-21(2)9-12(17(27)26-21)7-16(20(30)31-3)25-19(29)15(6-11-4-5-11)24-18(28)14-8-13(22)10-23-14/h8,10-12,15-16,23H,4-7,9H2,1-3H3,(H,24,28)(H,25,29)(H,26,27)/t12-,15+,16+/m1/s1. The van der Waals surface area contributed by atoms with Crippen molar-refractivity contribution in [2.75, 3.05) is 7.11 Å². The first-order valence-electron chi connectivity index (χ1n) is 10.4. The number of amides is 3. The van der Waals surface area contributed by atoms with Crippen molar-refractivity contribution in [1.29, 1.82) is 0 Å². The van der Waals surface area contributed by atoms with Crippen molar-refractivity contribution in [2.24, 2.45) is 11.8 Å². The van der Waals surface area contributed by atoms with Gasteiger partial charge < -0.3 is 25.7 Å². The van der Waals surface area contributed by atoms with E-state index >= 15 is 0 Å². The number of hydrogen-bond donors (Lipinski definition) is 4. The van der Waals surface area contributed by atoms with Gasteiger partial charge in [0, 0.05) is 17.7 Å². The third-order valence-electron chi connectivity index (χ3n) is 5.69. The normalized spacial score (nSPS) is 21.7. The molecule has 10 heteroatoms. The van der Waals surface area contributed by atoms with Crippen LogP contribution in [-0.4, -0.2) is 53.4 Å². The third-order valence-corrected chi connectivity index (χ3v) is 5.91. The van der Waals surface area contributed by atoms with E-state index in [1.165, 1.54) is 19.4 Å². The van der Waals surface area contributed by atoms with E-state index in [0.717, 1.165) is 12.8 Å². The monoisotopic (exact) mass is 452 g/mol. The number of methoxy groups -OCH3 is 1. The van der Waals surface area contributed by atoms with Gasteiger partial charge in [0.2, 0.25) is 11.8 Å². The number of ether oxygens (including phenoxy) is 1. The second kappa shape index (κ2) is 9.30. The number of carbonyl (C=O) groups excluding carboxylic acids is 4. The Balaban J connectivity index is 1.68. The molecule has 4 N–H and O–H groups in total. The predicted molar refractivity (Wildman–Crippen MR) is 113 cm³/mol. The van der Waals surface area contributed by atoms with Gasteiger partial charge in [0.25, 0.3) is 5.91 Å². The summed E-state index contributed by atoms with van der Waals surface area (Å²) in [5.74, 6) is -1.79. The van der Waals surface area contributed by atoms with Gasteiger partial charge >= 0.3 is 5.97 Å². The fourth-order valence-electron chi connectivity index (χ4n) is 3.95. The minimum absolute atomic E-state index is 0.129. The molecule has 0 bridgehead atoms. The van der Waals surface area contributed by atoms with Gasteiger partial charge in [0.1, 0.15) is 17.8 Å². The van der Waals surface area contributed by atoms with E-state index in [9.17, 15) is 19.2 Å². The molecule has 1 saturated carbocycles. The van der Waals surface area contributed by atoms with Crippen LogP contribution < -0.4 is 16.0 Å². The largest absolute Gasteiger partial charge is 0.467 e. The molecule has 3 atom stereocenters. The van der Waals surface area contributed by atoms with Crippen LogP contribution in [0.3, 0.4) is 0 Å². The van der Waals surface area contributed by atoms with Gasteiger partial charge in [-0.15, -0.1) is 0 Å². The van der Waals surface area contributed by atoms with E-state index in [-0.39, 0.29) is 23.6 Å². The Kier molecular flexibility index (Phi) is 6.93. The number of halogens is 1. The summed E-state index contributed by atoms with van der Waals surface area (Å²) in [5.41, 5.74) is -0.125. The van der Waals surface area contributed by atoms with E-state index in [1.54, 1.807) is 0 Å². The minimum Gasteiger partial charge on any atom is -0.467 e. The number of nitrogens with one attached hydrogen (secondary N) is 4. The highest BCUT2D eigenvalue weighted by Gasteiger charge is 2.41. The molecule has 1 aliphatic heterocycles. The average Bonchev–Trinajstić information content (AvgIpc) is 3.34. The Morgan fingerprint density at radius 3 is 2.45 bits per heavy atom. The molecule has 2 heterocycles. The molecule has 9 nitrogen and oxygen atoms in total. The lowest BCUT2D eigenvalue weighted by Gasteiger charge is -2.23. The molecule has 1 aliphatic carbocycles. The molecule has 0 spiro atoms. The molecule has 2 aliphatic rings. The fourth-order valence-corrected chi connectivity index (χ4v) is 4.12. The van der Waals surface area contributed by atoms with Crippen LogP contribution in [-0.2, 0) is 19.1 Å². The third kappa shape index (κ3) is 6.22. The summed E-state index contributed by atoms with van der Waals surface area (Å²) in [6.07, 6.45) is 4.61. The summed E-state index contributed by atoms with van der Waals surface area (Å²) >= 11 is 5.86. The Morgan fingerprint density at radius 2 is 1.94 bits per heavy atom. The average molecular weight is 453 g/mol. The topological polar surface area (TPSA) is 129 Å². The van der Waals surface area contributed by atoms with Crippen LogP contribution in [0.1, 0.15) is 56.4 Å². The zero-order valence-corrected chi connectivity index (χ0v) is 18.7. The maximum atomic E-state index is 13.0. The molecule has 31 heavy (non-hydrogen) atoms. The molecule has 3 rings (SSSR count). The molecule has 3 amide bonds. The van der Waals surface area contributed by atoms with Gasteiger partial charge in [-0.1, -0.05) is 24.4 Å². The SMILES string of the molecule is COC(=O)[C@H](C[C@@H]1CC(C)(C)NC1=O)NC(=O)[C@H](CC1CC1)NC(=O)c1cc(Cl)c[nH]1. The van der Waals surface area contributed by atoms with Crippen molar-refractivity contribution in [3.05, 3.63) is 23.0 Å². The molecule has 1 saturated heterocycles. The van der Waals surface area contributed by atoms with E-state index in [0.29, 0.717) is 23.8 Å². The quantitative estimate of drug-likeness (QED) is 0.422. The molecular formula is C21H29ClN4O5. The second-order valence-corrected chi connectivity index (χ2v) is 9.47. The van der Waals surface area contributed by atoms with E-state index < -0.39 is 35.8 Å². The lowest BCUT2D eigenvalue weighted by Crippen LogP contribution is -2.52. The van der Waals surface area contributed by atoms with Crippen molar-refractivity contribution in [2.45, 2.75) is 63.6 Å². The maximum Gasteiger partial charge on any atom is 0.328 e. The van der Waals surface area contributed by atoms with Gasteiger partial charge in [0.15, 0.2) is 0 Å². The smallest absolute Gasteiger partial charge is 0.328 e. The van der Waals surface area contributed by atoms with Crippen molar-refractivity contribution >= 4 is 35.3 Å². The number of rotatable bonds is 9. The molecule has 170 valence electrons. The summed E-state index contributed by atoms with van der Waals surface area (Å²) in [5, 5.41) is 8.69. The van der Waals surface area contributed by atoms with Crippen molar-refractivity contribution in [3.8, 4) is 0 Å². The van der Waals surface area contributed by atoms with Gasteiger partial charge in [-0.2, -0.15) is 0 Å². The van der Waals surface area contributed by atoms with Crippen molar-refractivity contribution < 1.29 is 23.9 Å². The summed E-state index contributed by atoms with van der Waals surface area (Å²) in [6, 6.07) is -0.329. The van der Waals surface area contributed by atoms with Gasteiger partial charge in [0.05, 0.1) is 12.1 Å². The van der Waals surface area contributed by atoms with Crippen LogP contribution in [0, 0.1) is 11.8 Å². The number of carbonyl (C=O) groups is 4. The summed E-state index contributed by atoms with van der Waals surface area (Å²) in [7, 11) is 1.23. The van der Waals surface area contributed by atoms with E-state index in [4.69, 9.17) is 16.3 Å². The molecule has 1 aromatic rings. The minimum atomic E-state index is -0.985. The van der Waals surface area contributed by atoms with Crippen LogP contribution in [0.25, 0.3) is 0 Å². The van der Waals surface area contributed by atoms with Crippen LogP contribution in [0.4, 0.5) is 0 Å². The highest BCUT2D eigenvalue weighted by atomic mass is 35.5. The van der Waals surface area contributed by atoms with Crippen molar-refractivity contribution in [1.82, 2.24) is 20.9 Å². The molecule has 0 aromatic carbocycles. The Bertz CT molecular complexity index is 864. The second-order valence-electron chi connectivity index (χ2n) is 9.03.